The molecule has 2 unspecified atom stereocenters. The lowest BCUT2D eigenvalue weighted by atomic mass is 10.2. The molecule has 0 heterocycles. The summed E-state index contributed by atoms with van der Waals surface area (Å²) >= 11 is 0. The van der Waals surface area contributed by atoms with Gasteiger partial charge < -0.3 is 18.3 Å². The lowest BCUT2D eigenvalue weighted by Crippen LogP contribution is -2.37. The van der Waals surface area contributed by atoms with E-state index in [0.717, 1.165) is 23.9 Å². The highest BCUT2D eigenvalue weighted by molar-refractivity contribution is 7.33. The first-order chi connectivity index (χ1) is 10.3. The quantitative estimate of drug-likeness (QED) is 0.237. The van der Waals surface area contributed by atoms with Crippen LogP contribution in [0.15, 0.2) is 12.2 Å². The normalized spacial score (nSPS) is 15.0. The van der Waals surface area contributed by atoms with Gasteiger partial charge in [0, 0.05) is 6.08 Å². The number of rotatable bonds is 12. The van der Waals surface area contributed by atoms with Crippen molar-refractivity contribution in [3.05, 3.63) is 12.2 Å². The molecule has 0 saturated heterocycles. The van der Waals surface area contributed by atoms with E-state index in [1.807, 2.05) is 21.1 Å². The van der Waals surface area contributed by atoms with E-state index >= 15 is 0 Å². The van der Waals surface area contributed by atoms with Crippen molar-refractivity contribution in [3.63, 3.8) is 0 Å². The van der Waals surface area contributed by atoms with Crippen molar-refractivity contribution in [2.45, 2.75) is 39.2 Å². The van der Waals surface area contributed by atoms with Crippen LogP contribution in [0.2, 0.25) is 0 Å². The van der Waals surface area contributed by atoms with Crippen molar-refractivity contribution >= 4 is 14.2 Å². The van der Waals surface area contributed by atoms with E-state index in [1.54, 1.807) is 13.0 Å². The van der Waals surface area contributed by atoms with E-state index in [4.69, 9.17) is 13.8 Å². The summed E-state index contributed by atoms with van der Waals surface area (Å²) in [6, 6.07) is 0. The van der Waals surface area contributed by atoms with Crippen molar-refractivity contribution in [1.29, 1.82) is 0 Å². The van der Waals surface area contributed by atoms with Crippen LogP contribution in [0.1, 0.15) is 33.1 Å². The number of esters is 1. The molecule has 0 N–H and O–H groups in total. The van der Waals surface area contributed by atoms with E-state index in [9.17, 15) is 9.36 Å². The number of hydrogen-bond donors (Lipinski definition) is 0. The van der Waals surface area contributed by atoms with Crippen molar-refractivity contribution in [3.8, 4) is 0 Å². The fourth-order valence-corrected chi connectivity index (χ4v) is 2.22. The second kappa shape index (κ2) is 11.8. The lowest BCUT2D eigenvalue weighted by molar-refractivity contribution is -0.870. The van der Waals surface area contributed by atoms with E-state index < -0.39 is 14.2 Å². The van der Waals surface area contributed by atoms with Gasteiger partial charge in [-0.25, -0.2) is 4.79 Å². The largest absolute Gasteiger partial charge is 0.457 e. The van der Waals surface area contributed by atoms with Gasteiger partial charge >= 0.3 is 14.2 Å². The van der Waals surface area contributed by atoms with Gasteiger partial charge in [-0.1, -0.05) is 19.4 Å². The highest BCUT2D eigenvalue weighted by Gasteiger charge is 2.15. The fourth-order valence-electron chi connectivity index (χ4n) is 1.55. The number of nitrogens with zero attached hydrogens (tertiary/aromatic N) is 1. The smallest absolute Gasteiger partial charge is 0.330 e. The topological polar surface area (TPSA) is 61.8 Å². The molecule has 0 fully saturated rings. The van der Waals surface area contributed by atoms with Crippen LogP contribution in [0.3, 0.4) is 0 Å². The molecular weight excluding hydrogens is 305 g/mol. The van der Waals surface area contributed by atoms with Crippen LogP contribution >= 0.6 is 8.25 Å². The van der Waals surface area contributed by atoms with Gasteiger partial charge in [-0.3, -0.25) is 4.57 Å². The molecule has 0 radical (unpaired) electrons. The molecular formula is C15H31NO5P+. The zero-order valence-corrected chi connectivity index (χ0v) is 15.5. The second-order valence-electron chi connectivity index (χ2n) is 6.12. The third kappa shape index (κ3) is 13.0. The minimum absolute atomic E-state index is 0.103. The Morgan fingerprint density at radius 1 is 1.27 bits per heavy atom. The summed E-state index contributed by atoms with van der Waals surface area (Å²) in [7, 11) is 3.54. The zero-order valence-electron chi connectivity index (χ0n) is 14.5. The first-order valence-corrected chi connectivity index (χ1v) is 8.94. The molecule has 130 valence electrons. The predicted octanol–water partition coefficient (Wildman–Crippen LogP) is 2.79. The highest BCUT2D eigenvalue weighted by atomic mass is 31.1. The lowest BCUT2D eigenvalue weighted by Gasteiger charge is -2.23. The summed E-state index contributed by atoms with van der Waals surface area (Å²) in [5, 5.41) is 0. The molecule has 0 aliphatic carbocycles. The molecule has 22 heavy (non-hydrogen) atoms. The van der Waals surface area contributed by atoms with Crippen molar-refractivity contribution < 1.29 is 27.6 Å². The number of likely N-dealkylation sites (N-methyl/N-ethyl adjacent to an activating group) is 1. The van der Waals surface area contributed by atoms with E-state index in [1.165, 1.54) is 6.08 Å². The Bertz CT molecular complexity index is 365. The maximum atomic E-state index is 11.7. The minimum Gasteiger partial charge on any atom is -0.457 e. The van der Waals surface area contributed by atoms with Crippen molar-refractivity contribution in [1.82, 2.24) is 0 Å². The summed E-state index contributed by atoms with van der Waals surface area (Å²) in [6.07, 6.45) is 5.19. The van der Waals surface area contributed by atoms with Gasteiger partial charge in [-0.05, 0) is 19.8 Å². The van der Waals surface area contributed by atoms with E-state index in [2.05, 4.69) is 6.92 Å². The molecule has 0 aromatic carbocycles. The number of carbonyl (C=O) groups excluding carboxylic acids is 1. The van der Waals surface area contributed by atoms with Crippen LogP contribution < -0.4 is 0 Å². The third-order valence-corrected chi connectivity index (χ3v) is 3.68. The molecule has 0 saturated carbocycles. The van der Waals surface area contributed by atoms with Crippen LogP contribution in [0.5, 0.6) is 0 Å². The number of unbranched alkanes of at least 4 members (excludes halogenated alkanes) is 1. The Hall–Kier alpha value is -0.680. The summed E-state index contributed by atoms with van der Waals surface area (Å²) < 4.78 is 28.1. The SMILES string of the molecule is CC=CC(=O)OC(CCCC)CO[PH](=O)OCC[N+](C)(C)C. The molecule has 0 aliphatic heterocycles. The van der Waals surface area contributed by atoms with Crippen LogP contribution in [-0.2, 0) is 23.1 Å². The molecule has 2 atom stereocenters. The standard InChI is InChI=1S/C15H31NO5P/c1-6-8-10-14(21-15(17)9-7-2)13-20-22(18)19-12-11-16(3,4)5/h7,9,14,22H,6,8,10-13H2,1-5H3/q+1. The molecule has 0 spiro atoms. The highest BCUT2D eigenvalue weighted by Crippen LogP contribution is 2.25. The van der Waals surface area contributed by atoms with Gasteiger partial charge in [0.1, 0.15) is 19.3 Å². The van der Waals surface area contributed by atoms with E-state index in [-0.39, 0.29) is 12.7 Å². The molecule has 0 rings (SSSR count). The van der Waals surface area contributed by atoms with Gasteiger partial charge in [0.2, 0.25) is 0 Å². The Morgan fingerprint density at radius 3 is 2.50 bits per heavy atom. The molecule has 7 heteroatoms. The van der Waals surface area contributed by atoms with Crippen LogP contribution in [0, 0.1) is 0 Å². The fraction of sp³-hybridized carbons (Fsp3) is 0.800. The molecule has 0 bridgehead atoms. The van der Waals surface area contributed by atoms with Gasteiger partial charge in [0.05, 0.1) is 27.7 Å². The maximum absolute atomic E-state index is 11.7. The van der Waals surface area contributed by atoms with E-state index in [0.29, 0.717) is 13.0 Å². The third-order valence-electron chi connectivity index (χ3n) is 2.83. The first kappa shape index (κ1) is 21.3. The summed E-state index contributed by atoms with van der Waals surface area (Å²) in [5.74, 6) is -0.405. The van der Waals surface area contributed by atoms with Crippen LogP contribution in [-0.4, -0.2) is 57.5 Å². The van der Waals surface area contributed by atoms with Gasteiger partial charge in [0.25, 0.3) is 0 Å². The van der Waals surface area contributed by atoms with Crippen LogP contribution in [0.25, 0.3) is 0 Å². The molecule has 0 aliphatic rings. The zero-order chi connectivity index (χ0) is 17.0. The summed E-state index contributed by atoms with van der Waals surface area (Å²) in [4.78, 5) is 11.5. The summed E-state index contributed by atoms with van der Waals surface area (Å²) in [6.45, 7) is 5.03. The monoisotopic (exact) mass is 336 g/mol. The molecule has 6 nitrogen and oxygen atoms in total. The van der Waals surface area contributed by atoms with Crippen LogP contribution in [0.4, 0.5) is 0 Å². The minimum atomic E-state index is -2.55. The average molecular weight is 336 g/mol. The Kier molecular flexibility index (Phi) is 11.5. The number of ether oxygens (including phenoxy) is 1. The molecule has 0 aromatic heterocycles. The Balaban J connectivity index is 4.14. The number of allylic oxidation sites excluding steroid dienone is 1. The number of hydrogen-bond acceptors (Lipinski definition) is 5. The Labute approximate surface area is 135 Å². The molecule has 0 aromatic rings. The first-order valence-electron chi connectivity index (χ1n) is 7.71. The average Bonchev–Trinajstić information content (AvgIpc) is 2.40. The van der Waals surface area contributed by atoms with Crippen molar-refractivity contribution in [2.24, 2.45) is 0 Å². The number of quaternary nitrogens is 1. The van der Waals surface area contributed by atoms with Gasteiger partial charge in [0.15, 0.2) is 0 Å². The van der Waals surface area contributed by atoms with Crippen molar-refractivity contribution in [2.75, 3.05) is 40.9 Å². The summed E-state index contributed by atoms with van der Waals surface area (Å²) in [5.41, 5.74) is 0. The maximum Gasteiger partial charge on any atom is 0.330 e. The Morgan fingerprint density at radius 2 is 1.95 bits per heavy atom. The van der Waals surface area contributed by atoms with Gasteiger partial charge in [-0.15, -0.1) is 0 Å². The predicted molar refractivity (Wildman–Crippen MR) is 88.0 cm³/mol. The molecule has 0 amide bonds. The number of carbonyl (C=O) groups is 1. The van der Waals surface area contributed by atoms with Gasteiger partial charge in [-0.2, -0.15) is 0 Å². The second-order valence-corrected chi connectivity index (χ2v) is 7.20.